The van der Waals surface area contributed by atoms with Gasteiger partial charge in [-0.05, 0) is 68.4 Å². The van der Waals surface area contributed by atoms with Crippen LogP contribution < -0.4 is 0 Å². The van der Waals surface area contributed by atoms with E-state index in [4.69, 9.17) is 63.4 Å². The van der Waals surface area contributed by atoms with Crippen LogP contribution in [0.25, 0.3) is 11.1 Å². The maximum atomic E-state index is 12.9. The lowest BCUT2D eigenvalue weighted by Gasteiger charge is -2.15. The summed E-state index contributed by atoms with van der Waals surface area (Å²) in [5, 5.41) is 12.0. The standard InChI is InChI=1S/C16H14Cl2O2S2.C14H12Cl2O2/c1-22-16(21)20-15-9-5-2-4-8(9)14(19)13(15)12-10(17)6-3-7-11(12)18;15-9-5-2-6-10(16)11(9)12-13(17)7-3-1-4-8(7)14(12)18/h3,6-9H,2,4-5H2,1H3;2,5-8,17H,1,3-4H2. The fourth-order valence-corrected chi connectivity index (χ4v) is 7.84. The van der Waals surface area contributed by atoms with Gasteiger partial charge in [-0.2, -0.15) is 0 Å². The van der Waals surface area contributed by atoms with E-state index in [0.717, 1.165) is 38.5 Å². The molecule has 40 heavy (non-hydrogen) atoms. The van der Waals surface area contributed by atoms with Crippen LogP contribution >= 0.6 is 70.4 Å². The van der Waals surface area contributed by atoms with E-state index in [1.165, 1.54) is 11.8 Å². The van der Waals surface area contributed by atoms with Gasteiger partial charge in [0.25, 0.3) is 0 Å². The lowest BCUT2D eigenvalue weighted by molar-refractivity contribution is -0.117. The number of allylic oxidation sites excluding steroid dienone is 4. The number of hydrogen-bond donors (Lipinski definition) is 1. The van der Waals surface area contributed by atoms with Gasteiger partial charge in [0.1, 0.15) is 11.5 Å². The first kappa shape index (κ1) is 29.9. The van der Waals surface area contributed by atoms with E-state index in [1.54, 1.807) is 36.4 Å². The summed E-state index contributed by atoms with van der Waals surface area (Å²) in [7, 11) is 0. The van der Waals surface area contributed by atoms with Gasteiger partial charge in [0, 0.05) is 34.8 Å². The molecule has 4 nitrogen and oxygen atoms in total. The molecular weight excluding hydrogens is 630 g/mol. The van der Waals surface area contributed by atoms with Gasteiger partial charge in [-0.15, -0.1) is 0 Å². The highest BCUT2D eigenvalue weighted by molar-refractivity contribution is 8.22. The van der Waals surface area contributed by atoms with Gasteiger partial charge in [0.2, 0.25) is 4.38 Å². The van der Waals surface area contributed by atoms with Gasteiger partial charge in [-0.25, -0.2) is 0 Å². The van der Waals surface area contributed by atoms with Crippen LogP contribution in [0, 0.1) is 23.7 Å². The van der Waals surface area contributed by atoms with Crippen LogP contribution in [-0.4, -0.2) is 27.3 Å². The van der Waals surface area contributed by atoms with Crippen LogP contribution in [0.4, 0.5) is 0 Å². The van der Waals surface area contributed by atoms with E-state index < -0.39 is 0 Å². The summed E-state index contributed by atoms with van der Waals surface area (Å²) in [6, 6.07) is 10.3. The number of thiocarbonyl (C=S) groups is 1. The number of hydrogen-bond acceptors (Lipinski definition) is 6. The molecule has 2 fully saturated rings. The minimum atomic E-state index is -0.0765. The summed E-state index contributed by atoms with van der Waals surface area (Å²) >= 11 is 31.4. The number of carbonyl (C=O) groups is 2. The van der Waals surface area contributed by atoms with Crippen molar-refractivity contribution in [3.8, 4) is 0 Å². The van der Waals surface area contributed by atoms with Crippen molar-refractivity contribution >= 4 is 97.5 Å². The summed E-state index contributed by atoms with van der Waals surface area (Å²) in [5.74, 6) is 0.870. The third-order valence-electron chi connectivity index (χ3n) is 8.17. The number of ketones is 2. The summed E-state index contributed by atoms with van der Waals surface area (Å²) < 4.78 is 6.27. The number of Topliss-reactive ketones (excluding diaryl/α,β-unsaturated/α-hetero) is 2. The van der Waals surface area contributed by atoms with Crippen molar-refractivity contribution in [1.29, 1.82) is 0 Å². The van der Waals surface area contributed by atoms with E-state index in [9.17, 15) is 14.7 Å². The highest BCUT2D eigenvalue weighted by atomic mass is 35.5. The molecule has 0 aromatic heterocycles. The van der Waals surface area contributed by atoms with Crippen LogP contribution in [0.1, 0.15) is 49.7 Å². The predicted molar refractivity (Wildman–Crippen MR) is 168 cm³/mol. The van der Waals surface area contributed by atoms with E-state index in [1.807, 2.05) is 6.26 Å². The lowest BCUT2D eigenvalue weighted by Crippen LogP contribution is -2.12. The largest absolute Gasteiger partial charge is 0.511 e. The number of halogens is 4. The average molecular weight is 656 g/mol. The van der Waals surface area contributed by atoms with Gasteiger partial charge in [-0.1, -0.05) is 83.1 Å². The molecule has 0 bridgehead atoms. The van der Waals surface area contributed by atoms with Gasteiger partial charge >= 0.3 is 0 Å². The number of ether oxygens (including phenoxy) is 1. The molecular formula is C30H26Cl4O4S2. The first-order chi connectivity index (χ1) is 19.1. The highest BCUT2D eigenvalue weighted by Crippen LogP contribution is 2.51. The van der Waals surface area contributed by atoms with Crippen LogP contribution in [0.15, 0.2) is 47.9 Å². The minimum absolute atomic E-state index is 0.00926. The number of thioether (sulfide) groups is 1. The number of fused-ring (bicyclic) bond motifs is 2. The molecule has 0 heterocycles. The average Bonchev–Trinajstić information content (AvgIpc) is 3.69. The van der Waals surface area contributed by atoms with Crippen LogP contribution in [0.2, 0.25) is 20.1 Å². The third kappa shape index (κ3) is 5.36. The molecule has 0 saturated heterocycles. The Labute approximate surface area is 263 Å². The van der Waals surface area contributed by atoms with Crippen molar-refractivity contribution in [2.24, 2.45) is 23.7 Å². The topological polar surface area (TPSA) is 63.6 Å². The zero-order valence-electron chi connectivity index (χ0n) is 21.5. The fourth-order valence-electron chi connectivity index (χ4n) is 6.41. The monoisotopic (exact) mass is 654 g/mol. The van der Waals surface area contributed by atoms with Crippen molar-refractivity contribution in [2.45, 2.75) is 38.5 Å². The van der Waals surface area contributed by atoms with Crippen LogP contribution in [0.3, 0.4) is 0 Å². The first-order valence-corrected chi connectivity index (χ1v) is 16.2. The Morgan fingerprint density at radius 2 is 1.20 bits per heavy atom. The van der Waals surface area contributed by atoms with Crippen LogP contribution in [-0.2, 0) is 14.3 Å². The predicted octanol–water partition coefficient (Wildman–Crippen LogP) is 9.63. The second-order valence-electron chi connectivity index (χ2n) is 10.3. The number of rotatable bonds is 3. The quantitative estimate of drug-likeness (QED) is 0.332. The summed E-state index contributed by atoms with van der Waals surface area (Å²) in [6.07, 6.45) is 7.42. The number of aliphatic hydroxyl groups is 1. The lowest BCUT2D eigenvalue weighted by atomic mass is 9.96. The number of benzene rings is 2. The molecule has 6 rings (SSSR count). The molecule has 2 aromatic carbocycles. The minimum Gasteiger partial charge on any atom is -0.511 e. The Morgan fingerprint density at radius 1 is 0.775 bits per heavy atom. The number of carbonyl (C=O) groups excluding carboxylic acids is 2. The van der Waals surface area contributed by atoms with Gasteiger partial charge in [-0.3, -0.25) is 9.59 Å². The van der Waals surface area contributed by atoms with Gasteiger partial charge in [0.15, 0.2) is 11.6 Å². The van der Waals surface area contributed by atoms with E-state index in [-0.39, 0.29) is 41.0 Å². The van der Waals surface area contributed by atoms with Crippen molar-refractivity contribution in [3.63, 3.8) is 0 Å². The van der Waals surface area contributed by atoms with E-state index >= 15 is 0 Å². The molecule has 1 N–H and O–H groups in total. The fraction of sp³-hybridized carbons (Fsp3) is 0.367. The summed E-state index contributed by atoms with van der Waals surface area (Å²) in [5.41, 5.74) is 1.91. The van der Waals surface area contributed by atoms with Crippen LogP contribution in [0.5, 0.6) is 0 Å². The van der Waals surface area contributed by atoms with E-state index in [0.29, 0.717) is 52.5 Å². The Bertz CT molecular complexity index is 1430. The summed E-state index contributed by atoms with van der Waals surface area (Å²) in [4.78, 5) is 25.2. The zero-order valence-corrected chi connectivity index (χ0v) is 26.2. The molecule has 2 aromatic rings. The SMILES string of the molecule is CSC(=S)OC1=C(c2c(Cl)cccc2Cl)C(=O)C2CCCC12.O=C1C(c2c(Cl)cccc2Cl)=C(O)C2CCCC12. The second kappa shape index (κ2) is 12.4. The zero-order chi connectivity index (χ0) is 28.7. The molecule has 0 radical (unpaired) electrons. The molecule has 210 valence electrons. The Balaban J connectivity index is 0.000000164. The molecule has 0 spiro atoms. The normalized spacial score (nSPS) is 25.2. The number of aliphatic hydroxyl groups excluding tert-OH is 1. The van der Waals surface area contributed by atoms with E-state index in [2.05, 4.69) is 0 Å². The molecule has 4 unspecified atom stereocenters. The smallest absolute Gasteiger partial charge is 0.225 e. The maximum Gasteiger partial charge on any atom is 0.225 e. The molecule has 10 heteroatoms. The molecule has 2 saturated carbocycles. The second-order valence-corrected chi connectivity index (χ2v) is 13.3. The van der Waals surface area contributed by atoms with Crippen molar-refractivity contribution in [1.82, 2.24) is 0 Å². The Kier molecular flexibility index (Phi) is 9.25. The molecule has 0 aliphatic heterocycles. The molecule has 4 aliphatic rings. The summed E-state index contributed by atoms with van der Waals surface area (Å²) in [6.45, 7) is 0. The van der Waals surface area contributed by atoms with Crippen molar-refractivity contribution in [3.05, 3.63) is 79.1 Å². The molecule has 4 atom stereocenters. The third-order valence-corrected chi connectivity index (χ3v) is 10.4. The van der Waals surface area contributed by atoms with Crippen molar-refractivity contribution < 1.29 is 19.4 Å². The van der Waals surface area contributed by atoms with Gasteiger partial charge < -0.3 is 9.84 Å². The first-order valence-electron chi connectivity index (χ1n) is 13.1. The maximum absolute atomic E-state index is 12.9. The highest BCUT2D eigenvalue weighted by Gasteiger charge is 2.48. The van der Waals surface area contributed by atoms with Gasteiger partial charge in [0.05, 0.1) is 31.2 Å². The Hall–Kier alpha value is -1.54. The Morgan fingerprint density at radius 3 is 1.70 bits per heavy atom. The molecule has 0 amide bonds. The van der Waals surface area contributed by atoms with Crippen molar-refractivity contribution in [2.75, 3.05) is 6.26 Å². The molecule has 4 aliphatic carbocycles.